The number of pyridine rings is 1. The number of carbonyl (C=O) groups is 1. The SMILES string of the molecule is Cc1cc(C(=O)N2CCNC[C@@H]2C)c2ccccc2n1. The first kappa shape index (κ1) is 13.1. The highest BCUT2D eigenvalue weighted by Gasteiger charge is 2.25. The zero-order valence-corrected chi connectivity index (χ0v) is 11.9. The standard InChI is InChI=1S/C16H19N3O/c1-11-9-14(13-5-3-4-6-15(13)18-11)16(20)19-8-7-17-10-12(19)2/h3-6,9,12,17H,7-8,10H2,1-2H3/t12-/m0/s1. The average Bonchev–Trinajstić information content (AvgIpc) is 2.46. The van der Waals surface area contributed by atoms with Gasteiger partial charge in [-0.1, -0.05) is 18.2 Å². The number of piperazine rings is 1. The molecule has 0 radical (unpaired) electrons. The number of amides is 1. The minimum atomic E-state index is 0.112. The predicted octanol–water partition coefficient (Wildman–Crippen LogP) is 1.98. The van der Waals surface area contributed by atoms with Crippen LogP contribution in [0.25, 0.3) is 10.9 Å². The highest BCUT2D eigenvalue weighted by atomic mass is 16.2. The van der Waals surface area contributed by atoms with Crippen LogP contribution < -0.4 is 5.32 Å². The third kappa shape index (κ3) is 2.27. The van der Waals surface area contributed by atoms with Crippen LogP contribution in [0.1, 0.15) is 23.0 Å². The summed E-state index contributed by atoms with van der Waals surface area (Å²) in [5.74, 6) is 0.112. The summed E-state index contributed by atoms with van der Waals surface area (Å²) in [5.41, 5.74) is 2.54. The molecule has 1 aromatic carbocycles. The largest absolute Gasteiger partial charge is 0.333 e. The number of benzene rings is 1. The number of nitrogens with one attached hydrogen (secondary N) is 1. The van der Waals surface area contributed by atoms with Gasteiger partial charge in [-0.3, -0.25) is 9.78 Å². The number of fused-ring (bicyclic) bond motifs is 1. The van der Waals surface area contributed by atoms with E-state index in [4.69, 9.17) is 0 Å². The molecule has 0 aliphatic carbocycles. The molecule has 3 rings (SSSR count). The third-order valence-corrected chi connectivity index (χ3v) is 3.84. The van der Waals surface area contributed by atoms with Crippen molar-refractivity contribution in [1.29, 1.82) is 0 Å². The quantitative estimate of drug-likeness (QED) is 0.861. The highest BCUT2D eigenvalue weighted by Crippen LogP contribution is 2.21. The van der Waals surface area contributed by atoms with Gasteiger partial charge in [0.25, 0.3) is 5.91 Å². The predicted molar refractivity (Wildman–Crippen MR) is 79.8 cm³/mol. The molecule has 4 heteroatoms. The Kier molecular flexibility index (Phi) is 3.40. The Morgan fingerprint density at radius 2 is 2.20 bits per heavy atom. The molecule has 1 saturated heterocycles. The first-order valence-corrected chi connectivity index (χ1v) is 7.05. The van der Waals surface area contributed by atoms with Gasteiger partial charge in [0.1, 0.15) is 0 Å². The van der Waals surface area contributed by atoms with Crippen LogP contribution in [0, 0.1) is 6.92 Å². The van der Waals surface area contributed by atoms with Crippen molar-refractivity contribution in [2.45, 2.75) is 19.9 Å². The fourth-order valence-electron chi connectivity index (χ4n) is 2.78. The normalized spacial score (nSPS) is 19.3. The molecular weight excluding hydrogens is 250 g/mol. The summed E-state index contributed by atoms with van der Waals surface area (Å²) in [6, 6.07) is 9.97. The van der Waals surface area contributed by atoms with Crippen LogP contribution >= 0.6 is 0 Å². The van der Waals surface area contributed by atoms with Crippen LogP contribution in [0.3, 0.4) is 0 Å². The van der Waals surface area contributed by atoms with Gasteiger partial charge in [0.15, 0.2) is 0 Å². The number of hydrogen-bond acceptors (Lipinski definition) is 3. The summed E-state index contributed by atoms with van der Waals surface area (Å²) in [5, 5.41) is 4.25. The first-order valence-electron chi connectivity index (χ1n) is 7.05. The zero-order chi connectivity index (χ0) is 14.1. The molecule has 0 saturated carbocycles. The second-order valence-corrected chi connectivity index (χ2v) is 5.38. The van der Waals surface area contributed by atoms with Gasteiger partial charge in [-0.15, -0.1) is 0 Å². The van der Waals surface area contributed by atoms with Gasteiger partial charge in [-0.05, 0) is 26.0 Å². The third-order valence-electron chi connectivity index (χ3n) is 3.84. The van der Waals surface area contributed by atoms with Crippen molar-refractivity contribution in [3.8, 4) is 0 Å². The molecule has 1 aromatic heterocycles. The lowest BCUT2D eigenvalue weighted by molar-refractivity contribution is 0.0657. The molecule has 2 heterocycles. The van der Waals surface area contributed by atoms with Gasteiger partial charge in [-0.25, -0.2) is 0 Å². The van der Waals surface area contributed by atoms with Crippen molar-refractivity contribution in [2.75, 3.05) is 19.6 Å². The van der Waals surface area contributed by atoms with Gasteiger partial charge >= 0.3 is 0 Å². The van der Waals surface area contributed by atoms with Crippen LogP contribution in [0.5, 0.6) is 0 Å². The summed E-state index contributed by atoms with van der Waals surface area (Å²) in [6.45, 7) is 6.49. The van der Waals surface area contributed by atoms with E-state index in [1.165, 1.54) is 0 Å². The van der Waals surface area contributed by atoms with Crippen molar-refractivity contribution in [3.63, 3.8) is 0 Å². The number of aryl methyl sites for hydroxylation is 1. The van der Waals surface area contributed by atoms with E-state index in [-0.39, 0.29) is 11.9 Å². The van der Waals surface area contributed by atoms with Gasteiger partial charge in [-0.2, -0.15) is 0 Å². The summed E-state index contributed by atoms with van der Waals surface area (Å²) in [6.07, 6.45) is 0. The van der Waals surface area contributed by atoms with Crippen LogP contribution in [-0.2, 0) is 0 Å². The monoisotopic (exact) mass is 269 g/mol. The average molecular weight is 269 g/mol. The van der Waals surface area contributed by atoms with Crippen molar-refractivity contribution < 1.29 is 4.79 Å². The molecule has 4 nitrogen and oxygen atoms in total. The molecule has 1 amide bonds. The Labute approximate surface area is 118 Å². The van der Waals surface area contributed by atoms with E-state index < -0.39 is 0 Å². The van der Waals surface area contributed by atoms with Crippen molar-refractivity contribution in [3.05, 3.63) is 41.6 Å². The van der Waals surface area contributed by atoms with E-state index in [9.17, 15) is 4.79 Å². The summed E-state index contributed by atoms with van der Waals surface area (Å²) >= 11 is 0. The smallest absolute Gasteiger partial charge is 0.254 e. The summed E-state index contributed by atoms with van der Waals surface area (Å²) in [7, 11) is 0. The zero-order valence-electron chi connectivity index (χ0n) is 11.9. The second-order valence-electron chi connectivity index (χ2n) is 5.38. The first-order chi connectivity index (χ1) is 9.66. The molecule has 0 bridgehead atoms. The van der Waals surface area contributed by atoms with E-state index in [0.717, 1.165) is 41.8 Å². The van der Waals surface area contributed by atoms with E-state index in [1.54, 1.807) is 0 Å². The molecule has 0 unspecified atom stereocenters. The minimum Gasteiger partial charge on any atom is -0.333 e. The van der Waals surface area contributed by atoms with Gasteiger partial charge in [0, 0.05) is 36.8 Å². The number of rotatable bonds is 1. The maximum atomic E-state index is 12.8. The molecule has 1 N–H and O–H groups in total. The maximum Gasteiger partial charge on any atom is 0.254 e. The molecule has 2 aromatic rings. The molecule has 1 fully saturated rings. The number of carbonyl (C=O) groups excluding carboxylic acids is 1. The number of nitrogens with zero attached hydrogens (tertiary/aromatic N) is 2. The van der Waals surface area contributed by atoms with Crippen LogP contribution in [0.4, 0.5) is 0 Å². The lowest BCUT2D eigenvalue weighted by Crippen LogP contribution is -2.52. The van der Waals surface area contributed by atoms with Crippen molar-refractivity contribution in [2.24, 2.45) is 0 Å². The van der Waals surface area contributed by atoms with E-state index in [0.29, 0.717) is 0 Å². The molecule has 1 aliphatic heterocycles. The fraction of sp³-hybridized carbons (Fsp3) is 0.375. The molecule has 1 atom stereocenters. The lowest BCUT2D eigenvalue weighted by atomic mass is 10.0. The summed E-state index contributed by atoms with van der Waals surface area (Å²) in [4.78, 5) is 19.3. The van der Waals surface area contributed by atoms with Crippen LogP contribution in [-0.4, -0.2) is 41.5 Å². The van der Waals surface area contributed by atoms with Crippen molar-refractivity contribution >= 4 is 16.8 Å². The van der Waals surface area contributed by atoms with Gasteiger partial charge < -0.3 is 10.2 Å². The Bertz CT molecular complexity index is 653. The Hall–Kier alpha value is -1.94. The van der Waals surface area contributed by atoms with Crippen LogP contribution in [0.15, 0.2) is 30.3 Å². The topological polar surface area (TPSA) is 45.2 Å². The second kappa shape index (κ2) is 5.21. The van der Waals surface area contributed by atoms with Gasteiger partial charge in [0.05, 0.1) is 11.1 Å². The Morgan fingerprint density at radius 1 is 1.40 bits per heavy atom. The number of para-hydroxylation sites is 1. The highest BCUT2D eigenvalue weighted by molar-refractivity contribution is 6.06. The summed E-state index contributed by atoms with van der Waals surface area (Å²) < 4.78 is 0. The molecule has 1 aliphatic rings. The molecule has 20 heavy (non-hydrogen) atoms. The minimum absolute atomic E-state index is 0.112. The Morgan fingerprint density at radius 3 is 3.00 bits per heavy atom. The van der Waals surface area contributed by atoms with E-state index in [1.807, 2.05) is 42.2 Å². The molecule has 0 spiro atoms. The van der Waals surface area contributed by atoms with E-state index >= 15 is 0 Å². The van der Waals surface area contributed by atoms with Crippen molar-refractivity contribution in [1.82, 2.24) is 15.2 Å². The van der Waals surface area contributed by atoms with E-state index in [2.05, 4.69) is 17.2 Å². The lowest BCUT2D eigenvalue weighted by Gasteiger charge is -2.34. The molecule has 104 valence electrons. The molecular formula is C16H19N3O. The maximum absolute atomic E-state index is 12.8. The number of aromatic nitrogens is 1. The van der Waals surface area contributed by atoms with Crippen LogP contribution in [0.2, 0.25) is 0 Å². The fourth-order valence-corrected chi connectivity index (χ4v) is 2.78. The Balaban J connectivity index is 2.06. The number of hydrogen-bond donors (Lipinski definition) is 1. The van der Waals surface area contributed by atoms with Gasteiger partial charge in [0.2, 0.25) is 0 Å².